The minimum absolute atomic E-state index is 0.697. The summed E-state index contributed by atoms with van der Waals surface area (Å²) in [5.41, 5.74) is 10.0. The van der Waals surface area contributed by atoms with Crippen LogP contribution in [-0.2, 0) is 0 Å². The van der Waals surface area contributed by atoms with Crippen LogP contribution in [0.25, 0.3) is 99.1 Å². The lowest BCUT2D eigenvalue weighted by atomic mass is 9.84. The molecule has 0 bridgehead atoms. The van der Waals surface area contributed by atoms with Crippen molar-refractivity contribution in [3.05, 3.63) is 188 Å². The third-order valence-corrected chi connectivity index (χ3v) is 10.2. The number of nitrogens with zero attached hydrogens (tertiary/aromatic N) is 3. The fraction of sp³-hybridized carbons (Fsp3) is 0. The van der Waals surface area contributed by atoms with Gasteiger partial charge in [0.2, 0.25) is 0 Å². The second-order valence-corrected chi connectivity index (χ2v) is 13.3. The summed E-state index contributed by atoms with van der Waals surface area (Å²) >= 11 is 0. The first-order chi connectivity index (χ1) is 25.8. The third kappa shape index (κ3) is 5.19. The molecule has 0 atom stereocenters. The van der Waals surface area contributed by atoms with E-state index in [1.54, 1.807) is 0 Å². The number of fused-ring (bicyclic) bond motifs is 4. The molecule has 3 heteroatoms. The smallest absolute Gasteiger partial charge is 0.159 e. The van der Waals surface area contributed by atoms with Crippen molar-refractivity contribution in [1.29, 1.82) is 0 Å². The van der Waals surface area contributed by atoms with E-state index in [9.17, 15) is 0 Å². The Kier molecular flexibility index (Phi) is 7.14. The fourth-order valence-electron chi connectivity index (χ4n) is 7.67. The number of benzene rings is 8. The van der Waals surface area contributed by atoms with Crippen molar-refractivity contribution in [3.8, 4) is 56.0 Å². The van der Waals surface area contributed by atoms with Crippen molar-refractivity contribution in [2.75, 3.05) is 0 Å². The van der Waals surface area contributed by atoms with E-state index in [4.69, 9.17) is 9.97 Å². The lowest BCUT2D eigenvalue weighted by molar-refractivity contribution is 1.18. The number of aromatic nitrogens is 3. The van der Waals surface area contributed by atoms with Gasteiger partial charge in [-0.3, -0.25) is 4.98 Å². The molecule has 0 amide bonds. The zero-order valence-electron chi connectivity index (χ0n) is 28.2. The molecule has 0 aliphatic carbocycles. The molecule has 0 saturated carbocycles. The third-order valence-electron chi connectivity index (χ3n) is 10.2. The molecule has 0 aliphatic rings. The molecule has 0 aliphatic heterocycles. The van der Waals surface area contributed by atoms with E-state index in [2.05, 4.69) is 157 Å². The van der Waals surface area contributed by atoms with E-state index in [1.807, 2.05) is 36.8 Å². The van der Waals surface area contributed by atoms with E-state index in [0.717, 1.165) is 27.9 Å². The molecule has 0 spiro atoms. The van der Waals surface area contributed by atoms with Crippen molar-refractivity contribution in [2.24, 2.45) is 0 Å². The zero-order valence-corrected chi connectivity index (χ0v) is 28.2. The van der Waals surface area contributed by atoms with Crippen molar-refractivity contribution < 1.29 is 0 Å². The van der Waals surface area contributed by atoms with E-state index in [0.29, 0.717) is 5.82 Å². The summed E-state index contributed by atoms with van der Waals surface area (Å²) in [5.74, 6) is 0.697. The van der Waals surface area contributed by atoms with Gasteiger partial charge in [-0.15, -0.1) is 0 Å². The minimum atomic E-state index is 0.697. The van der Waals surface area contributed by atoms with Gasteiger partial charge in [-0.2, -0.15) is 0 Å². The molecule has 2 heterocycles. The molecule has 0 radical (unpaired) electrons. The van der Waals surface area contributed by atoms with Gasteiger partial charge < -0.3 is 0 Å². The van der Waals surface area contributed by atoms with Gasteiger partial charge >= 0.3 is 0 Å². The normalized spacial score (nSPS) is 11.5. The van der Waals surface area contributed by atoms with Crippen LogP contribution in [-0.4, -0.2) is 15.0 Å². The van der Waals surface area contributed by atoms with Crippen LogP contribution in [0.15, 0.2) is 188 Å². The van der Waals surface area contributed by atoms with Crippen LogP contribution in [0, 0.1) is 0 Å². The molecular weight excluding hydrogens is 631 g/mol. The van der Waals surface area contributed by atoms with E-state index in [-0.39, 0.29) is 0 Å². The Morgan fingerprint density at radius 2 is 0.808 bits per heavy atom. The summed E-state index contributed by atoms with van der Waals surface area (Å²) in [5, 5.41) is 9.73. The average molecular weight is 662 g/mol. The molecule has 0 saturated heterocycles. The Hall–Kier alpha value is -6.97. The first-order valence-corrected chi connectivity index (χ1v) is 17.6. The second-order valence-electron chi connectivity index (χ2n) is 13.3. The van der Waals surface area contributed by atoms with Crippen LogP contribution in [0.2, 0.25) is 0 Å². The quantitative estimate of drug-likeness (QED) is 0.172. The van der Waals surface area contributed by atoms with Gasteiger partial charge in [0.05, 0.1) is 5.69 Å². The molecular formula is C49H31N3. The fourth-order valence-corrected chi connectivity index (χ4v) is 7.67. The maximum absolute atomic E-state index is 5.12. The maximum atomic E-state index is 5.12. The van der Waals surface area contributed by atoms with Crippen LogP contribution < -0.4 is 0 Å². The molecule has 0 N–H and O–H groups in total. The summed E-state index contributed by atoms with van der Waals surface area (Å²) < 4.78 is 0. The highest BCUT2D eigenvalue weighted by atomic mass is 14.9. The molecule has 8 aromatic carbocycles. The molecule has 2 aromatic heterocycles. The van der Waals surface area contributed by atoms with Gasteiger partial charge in [-0.1, -0.05) is 133 Å². The molecule has 0 fully saturated rings. The van der Waals surface area contributed by atoms with Crippen LogP contribution in [0.4, 0.5) is 0 Å². The molecule has 52 heavy (non-hydrogen) atoms. The zero-order chi connectivity index (χ0) is 34.4. The molecule has 0 unspecified atom stereocenters. The predicted molar refractivity (Wildman–Crippen MR) is 217 cm³/mol. The van der Waals surface area contributed by atoms with Crippen LogP contribution >= 0.6 is 0 Å². The first-order valence-electron chi connectivity index (χ1n) is 17.6. The van der Waals surface area contributed by atoms with Gasteiger partial charge in [-0.05, 0) is 113 Å². The van der Waals surface area contributed by atoms with E-state index < -0.39 is 0 Å². The molecule has 3 nitrogen and oxygen atoms in total. The van der Waals surface area contributed by atoms with Gasteiger partial charge in [-0.25, -0.2) is 9.97 Å². The Balaban J connectivity index is 1.19. The van der Waals surface area contributed by atoms with Crippen LogP contribution in [0.1, 0.15) is 0 Å². The standard InChI is InChI=1S/C49H31N3/c1-3-9-37-29-39(19-15-32(37)7-1)47-42-11-5-6-12-43(42)48(40-20-16-33-8-2-4-10-38(33)30-40)45-31-41(21-22-44(45)47)49-51-28-25-46(52-49)36-17-13-34(14-18-36)35-23-26-50-27-24-35/h1-31H. The van der Waals surface area contributed by atoms with Crippen LogP contribution in [0.3, 0.4) is 0 Å². The number of hydrogen-bond acceptors (Lipinski definition) is 3. The Morgan fingerprint density at radius 3 is 1.46 bits per heavy atom. The largest absolute Gasteiger partial charge is 0.265 e. The van der Waals surface area contributed by atoms with Crippen molar-refractivity contribution in [3.63, 3.8) is 0 Å². The predicted octanol–water partition coefficient (Wildman–Crippen LogP) is 12.8. The average Bonchev–Trinajstić information content (AvgIpc) is 3.22. The maximum Gasteiger partial charge on any atom is 0.159 e. The summed E-state index contributed by atoms with van der Waals surface area (Å²) in [6.07, 6.45) is 5.51. The second kappa shape index (κ2) is 12.4. The molecule has 10 aromatic rings. The summed E-state index contributed by atoms with van der Waals surface area (Å²) in [4.78, 5) is 14.1. The van der Waals surface area contributed by atoms with E-state index in [1.165, 1.54) is 65.3 Å². The summed E-state index contributed by atoms with van der Waals surface area (Å²) in [6.45, 7) is 0. The van der Waals surface area contributed by atoms with Gasteiger partial charge in [0, 0.05) is 29.7 Å². The number of rotatable bonds is 5. The van der Waals surface area contributed by atoms with Gasteiger partial charge in [0.15, 0.2) is 5.82 Å². The first kappa shape index (κ1) is 29.9. The number of pyridine rings is 1. The van der Waals surface area contributed by atoms with E-state index >= 15 is 0 Å². The minimum Gasteiger partial charge on any atom is -0.265 e. The van der Waals surface area contributed by atoms with Crippen molar-refractivity contribution in [2.45, 2.75) is 0 Å². The van der Waals surface area contributed by atoms with Crippen LogP contribution in [0.5, 0.6) is 0 Å². The summed E-state index contributed by atoms with van der Waals surface area (Å²) in [7, 11) is 0. The Labute approximate surface area is 301 Å². The van der Waals surface area contributed by atoms with Crippen molar-refractivity contribution >= 4 is 43.1 Å². The Morgan fingerprint density at radius 1 is 0.308 bits per heavy atom. The Bertz CT molecular complexity index is 2950. The lowest BCUT2D eigenvalue weighted by Crippen LogP contribution is -1.94. The monoisotopic (exact) mass is 661 g/mol. The lowest BCUT2D eigenvalue weighted by Gasteiger charge is -2.19. The van der Waals surface area contributed by atoms with Gasteiger partial charge in [0.25, 0.3) is 0 Å². The highest BCUT2D eigenvalue weighted by molar-refractivity contribution is 6.22. The van der Waals surface area contributed by atoms with Gasteiger partial charge in [0.1, 0.15) is 0 Å². The SMILES string of the molecule is c1ccc2cc(-c3c4ccccc4c(-c4ccc5ccccc5c4)c4cc(-c5nccc(-c6ccc(-c7ccncc7)cc6)n5)ccc34)ccc2c1. The highest BCUT2D eigenvalue weighted by Gasteiger charge is 2.19. The summed E-state index contributed by atoms with van der Waals surface area (Å²) in [6, 6.07) is 61.0. The highest BCUT2D eigenvalue weighted by Crippen LogP contribution is 2.45. The molecule has 10 rings (SSSR count). The number of hydrogen-bond donors (Lipinski definition) is 0. The van der Waals surface area contributed by atoms with Crippen molar-refractivity contribution in [1.82, 2.24) is 15.0 Å². The topological polar surface area (TPSA) is 38.7 Å². The molecule has 242 valence electrons.